The highest BCUT2D eigenvalue weighted by Crippen LogP contribution is 2.63. The van der Waals surface area contributed by atoms with Crippen LogP contribution in [-0.2, 0) is 74.8 Å². The first-order chi connectivity index (χ1) is 44.1. The van der Waals surface area contributed by atoms with Gasteiger partial charge >= 0.3 is 29.1 Å². The number of carbonyl (C=O) groups is 5. The molecule has 0 spiro atoms. The molecule has 2 amide bonds. The Bertz CT molecular complexity index is 2200. The Morgan fingerprint density at radius 2 is 0.785 bits per heavy atom. The molecule has 2 saturated heterocycles. The molecule has 6 aliphatic rings. The smallest absolute Gasteiger partial charge is 0.333 e. The van der Waals surface area contributed by atoms with Crippen LogP contribution >= 0.6 is 17.2 Å². The van der Waals surface area contributed by atoms with E-state index >= 15 is 0 Å². The van der Waals surface area contributed by atoms with Crippen LogP contribution in [0.25, 0.3) is 0 Å². The van der Waals surface area contributed by atoms with Crippen LogP contribution in [0, 0.1) is 74.9 Å². The maximum atomic E-state index is 12.7. The van der Waals surface area contributed by atoms with Crippen molar-refractivity contribution in [1.29, 1.82) is 0 Å². The van der Waals surface area contributed by atoms with Crippen molar-refractivity contribution in [2.45, 2.75) is 235 Å². The molecule has 17 atom stereocenters. The summed E-state index contributed by atoms with van der Waals surface area (Å²) in [6, 6.07) is 0. The number of esters is 2. The zero-order valence-electron chi connectivity index (χ0n) is 60.2. The SMILES string of the molecule is CCN(CCC(=O)NCCNCCC(=O)OCCCCOP1OC2C(CC(C=O)CC2C(C)(C)C)C2CC(OC)CC(C(C)(C)C)C2O1)CCC(=O)NCCNCCC(=O)OCCCCOP1OC2C(CC(OC)CC2C(C)(C)C)C2CC(OC)CC(C(C)(C)C)C2O1. The number of ether oxygens (including phenoxy) is 5. The lowest BCUT2D eigenvalue weighted by Gasteiger charge is -2.51. The molecule has 21 nitrogen and oxygen atoms in total. The average Bonchev–Trinajstić information content (AvgIpc) is 1.72. The standard InChI is InChI=1S/C70H127N5O16P2/c1-17-75(32-24-59(77)73-30-28-71-26-22-61(79)84-34-18-20-36-86-92-88-63-51(38-47(46-76)39-55(63)67(2,3)4)52-40-48(81-14)43-56(64(52)89-92)68(5,6)7)33-25-60(78)74-31-29-72-27-23-62(80)85-35-19-21-37-87-93-90-65-53(41-49(82-15)44-57(65)69(8,9)10)54-42-50(83-16)45-58(66(54)91-93)70(11,12)13/h46-58,63-66,71-72H,17-45H2,1-16H3,(H,73,77)(H,74,78). The van der Waals surface area contributed by atoms with Crippen LogP contribution < -0.4 is 21.3 Å². The van der Waals surface area contributed by atoms with Crippen molar-refractivity contribution in [2.75, 3.05) is 107 Å². The fourth-order valence-corrected chi connectivity index (χ4v) is 18.5. The number of fused-ring (bicyclic) bond motifs is 6. The quantitative estimate of drug-likeness (QED) is 0.0200. The monoisotopic (exact) mass is 1360 g/mol. The van der Waals surface area contributed by atoms with Gasteiger partial charge in [-0.05, 0) is 153 Å². The minimum absolute atomic E-state index is 0.00522. The molecule has 4 saturated carbocycles. The van der Waals surface area contributed by atoms with Crippen molar-refractivity contribution >= 4 is 47.2 Å². The van der Waals surface area contributed by atoms with Crippen molar-refractivity contribution in [1.82, 2.24) is 26.2 Å². The van der Waals surface area contributed by atoms with Crippen LogP contribution in [0.15, 0.2) is 0 Å². The van der Waals surface area contributed by atoms with Crippen molar-refractivity contribution in [3.63, 3.8) is 0 Å². The number of unbranched alkanes of at least 4 members (excludes halogenated alkanes) is 2. The summed E-state index contributed by atoms with van der Waals surface area (Å²) in [5.74, 6) is 1.15. The van der Waals surface area contributed by atoms with Gasteiger partial charge in [-0.3, -0.25) is 19.2 Å². The number of hydrogen-bond acceptors (Lipinski definition) is 19. The van der Waals surface area contributed by atoms with Gasteiger partial charge in [-0.15, -0.1) is 0 Å². The predicted octanol–water partition coefficient (Wildman–Crippen LogP) is 11.1. The number of rotatable bonds is 35. The van der Waals surface area contributed by atoms with Gasteiger partial charge in [0.2, 0.25) is 11.8 Å². The molecular formula is C70H127N5O16P2. The minimum Gasteiger partial charge on any atom is -0.466 e. The Labute approximate surface area is 562 Å². The summed E-state index contributed by atoms with van der Waals surface area (Å²) in [7, 11) is 2.22. The fourth-order valence-electron chi connectivity index (χ4n) is 15.5. The summed E-state index contributed by atoms with van der Waals surface area (Å²) in [6.07, 6.45) is 12.3. The van der Waals surface area contributed by atoms with E-state index in [1.165, 1.54) is 0 Å². The first-order valence-electron chi connectivity index (χ1n) is 35.6. The molecule has 0 bridgehead atoms. The van der Waals surface area contributed by atoms with E-state index in [4.69, 9.17) is 50.8 Å². The van der Waals surface area contributed by atoms with Crippen molar-refractivity contribution in [2.24, 2.45) is 74.9 Å². The second kappa shape index (κ2) is 38.5. The normalized spacial score (nSPS) is 31.8. The molecule has 4 aliphatic carbocycles. The maximum absolute atomic E-state index is 12.7. The first kappa shape index (κ1) is 79.9. The number of hydrogen-bond donors (Lipinski definition) is 4. The number of amides is 2. The summed E-state index contributed by atoms with van der Waals surface area (Å²) >= 11 is 0. The van der Waals surface area contributed by atoms with Gasteiger partial charge in [0, 0.05) is 92.4 Å². The number of methoxy groups -OCH3 is 3. The van der Waals surface area contributed by atoms with Crippen LogP contribution in [0.2, 0.25) is 0 Å². The molecule has 0 aromatic carbocycles. The van der Waals surface area contributed by atoms with Gasteiger partial charge in [-0.2, -0.15) is 0 Å². The van der Waals surface area contributed by atoms with Crippen LogP contribution in [-0.4, -0.2) is 184 Å². The highest BCUT2D eigenvalue weighted by atomic mass is 31.2. The maximum Gasteiger partial charge on any atom is 0.333 e. The van der Waals surface area contributed by atoms with Crippen molar-refractivity contribution in [3.8, 4) is 0 Å². The van der Waals surface area contributed by atoms with Crippen LogP contribution in [0.5, 0.6) is 0 Å². The zero-order valence-corrected chi connectivity index (χ0v) is 62.0. The average molecular weight is 1360 g/mol. The Morgan fingerprint density at radius 3 is 1.11 bits per heavy atom. The van der Waals surface area contributed by atoms with E-state index in [1.54, 1.807) is 7.11 Å². The molecule has 538 valence electrons. The molecule has 17 unspecified atom stereocenters. The van der Waals surface area contributed by atoms with E-state index in [0.29, 0.717) is 117 Å². The van der Waals surface area contributed by atoms with Gasteiger partial charge in [0.25, 0.3) is 0 Å². The van der Waals surface area contributed by atoms with Crippen LogP contribution in [0.3, 0.4) is 0 Å². The second-order valence-electron chi connectivity index (χ2n) is 31.8. The van der Waals surface area contributed by atoms with Gasteiger partial charge in [-0.1, -0.05) is 90.0 Å². The summed E-state index contributed by atoms with van der Waals surface area (Å²) in [5.41, 5.74) is -0.0806. The van der Waals surface area contributed by atoms with Gasteiger partial charge in [0.1, 0.15) is 6.29 Å². The molecule has 0 radical (unpaired) electrons. The summed E-state index contributed by atoms with van der Waals surface area (Å²) in [4.78, 5) is 64.9. The van der Waals surface area contributed by atoms with E-state index in [1.807, 2.05) is 21.1 Å². The Hall–Kier alpha value is -2.07. The van der Waals surface area contributed by atoms with E-state index in [0.717, 1.165) is 57.7 Å². The molecule has 0 aromatic rings. The molecule has 2 aliphatic heterocycles. The number of carbonyl (C=O) groups excluding carboxylic acids is 5. The molecule has 6 fully saturated rings. The highest BCUT2D eigenvalue weighted by molar-refractivity contribution is 7.42. The van der Waals surface area contributed by atoms with E-state index < -0.39 is 17.2 Å². The fraction of sp³-hybridized carbons (Fsp3) is 0.929. The largest absolute Gasteiger partial charge is 0.466 e. The third-order valence-corrected chi connectivity index (χ3v) is 23.6. The van der Waals surface area contributed by atoms with Crippen LogP contribution in [0.4, 0.5) is 0 Å². The molecule has 0 aromatic heterocycles. The summed E-state index contributed by atoms with van der Waals surface area (Å²) in [5, 5.41) is 12.3. The first-order valence-corrected chi connectivity index (χ1v) is 37.8. The number of aldehydes is 1. The lowest BCUT2D eigenvalue weighted by Crippen LogP contribution is -2.53. The topological polar surface area (TPSA) is 238 Å². The lowest BCUT2D eigenvalue weighted by atomic mass is 9.56. The van der Waals surface area contributed by atoms with E-state index in [2.05, 4.69) is 109 Å². The second-order valence-corrected chi connectivity index (χ2v) is 34.0. The van der Waals surface area contributed by atoms with Gasteiger partial charge < -0.3 is 81.8 Å². The Balaban J connectivity index is 0.759. The van der Waals surface area contributed by atoms with Crippen molar-refractivity contribution < 1.29 is 74.8 Å². The molecule has 93 heavy (non-hydrogen) atoms. The molecule has 23 heteroatoms. The van der Waals surface area contributed by atoms with E-state index in [9.17, 15) is 24.0 Å². The van der Waals surface area contributed by atoms with Crippen molar-refractivity contribution in [3.05, 3.63) is 0 Å². The van der Waals surface area contributed by atoms with Crippen LogP contribution in [0.1, 0.15) is 193 Å². The Morgan fingerprint density at radius 1 is 0.452 bits per heavy atom. The minimum atomic E-state index is -1.65. The number of nitrogens with one attached hydrogen (secondary N) is 4. The molecule has 2 heterocycles. The van der Waals surface area contributed by atoms with E-state index in [-0.39, 0.29) is 161 Å². The number of nitrogens with zero attached hydrogens (tertiary/aromatic N) is 1. The third kappa shape index (κ3) is 25.3. The third-order valence-electron chi connectivity index (χ3n) is 21.1. The van der Waals surface area contributed by atoms with Gasteiger partial charge in [0.05, 0.1) is 82.0 Å². The highest BCUT2D eigenvalue weighted by Gasteiger charge is 2.59. The summed E-state index contributed by atoms with van der Waals surface area (Å²) in [6.45, 7) is 35.4. The Kier molecular flexibility index (Phi) is 33.1. The molecular weight excluding hydrogens is 1230 g/mol. The predicted molar refractivity (Wildman–Crippen MR) is 363 cm³/mol. The van der Waals surface area contributed by atoms with Gasteiger partial charge in [-0.25, -0.2) is 0 Å². The summed E-state index contributed by atoms with van der Waals surface area (Å²) < 4.78 is 70.0. The molecule has 6 rings (SSSR count). The lowest BCUT2D eigenvalue weighted by molar-refractivity contribution is -0.144. The molecule has 4 N–H and O–H groups in total. The zero-order chi connectivity index (χ0) is 68.1. The van der Waals surface area contributed by atoms with Gasteiger partial charge in [0.15, 0.2) is 0 Å².